The summed E-state index contributed by atoms with van der Waals surface area (Å²) in [7, 11) is 1.56. The van der Waals surface area contributed by atoms with Gasteiger partial charge in [-0.05, 0) is 19.9 Å². The second-order valence-corrected chi connectivity index (χ2v) is 5.34. The Kier molecular flexibility index (Phi) is 4.30. The third-order valence-corrected chi connectivity index (χ3v) is 3.41. The van der Waals surface area contributed by atoms with Gasteiger partial charge < -0.3 is 14.0 Å². The van der Waals surface area contributed by atoms with Gasteiger partial charge in [-0.25, -0.2) is 4.98 Å². The van der Waals surface area contributed by atoms with Crippen LogP contribution in [-0.4, -0.2) is 51.3 Å². The lowest BCUT2D eigenvalue weighted by Crippen LogP contribution is -2.42. The summed E-state index contributed by atoms with van der Waals surface area (Å²) in [6.45, 7) is 6.01. The zero-order valence-corrected chi connectivity index (χ0v) is 12.9. The Morgan fingerprint density at radius 2 is 2.23 bits per heavy atom. The van der Waals surface area contributed by atoms with E-state index in [1.165, 1.54) is 0 Å². The summed E-state index contributed by atoms with van der Waals surface area (Å²) in [5, 5.41) is 3.83. The zero-order chi connectivity index (χ0) is 15.5. The number of rotatable bonds is 4. The lowest BCUT2D eigenvalue weighted by Gasteiger charge is -2.34. The molecule has 2 aromatic heterocycles. The smallest absolute Gasteiger partial charge is 0.316 e. The highest BCUT2D eigenvalue weighted by molar-refractivity contribution is 5.06. The molecule has 1 aliphatic heterocycles. The van der Waals surface area contributed by atoms with E-state index >= 15 is 0 Å². The standard InChI is InChI=1S/C14H19N5O3/c1-9-6-19(7-11-4-5-15-14(17-11)20-3)8-12(21-9)13-16-10(2)18-22-13/h4-5,9,12H,6-8H2,1-3H3/t9-,12-/m1/s1. The number of aryl methyl sites for hydroxylation is 1. The van der Waals surface area contributed by atoms with E-state index in [4.69, 9.17) is 14.0 Å². The molecule has 0 aliphatic carbocycles. The quantitative estimate of drug-likeness (QED) is 0.831. The lowest BCUT2D eigenvalue weighted by atomic mass is 10.2. The third kappa shape index (κ3) is 3.40. The summed E-state index contributed by atoms with van der Waals surface area (Å²) in [4.78, 5) is 14.9. The Morgan fingerprint density at radius 3 is 2.95 bits per heavy atom. The highest BCUT2D eigenvalue weighted by Gasteiger charge is 2.30. The van der Waals surface area contributed by atoms with E-state index in [-0.39, 0.29) is 12.2 Å². The highest BCUT2D eigenvalue weighted by Crippen LogP contribution is 2.24. The molecule has 2 aromatic rings. The molecule has 8 heteroatoms. The fourth-order valence-corrected chi connectivity index (χ4v) is 2.54. The fourth-order valence-electron chi connectivity index (χ4n) is 2.54. The Bertz CT molecular complexity index is 632. The van der Waals surface area contributed by atoms with Crippen molar-refractivity contribution >= 4 is 0 Å². The first-order valence-electron chi connectivity index (χ1n) is 7.18. The van der Waals surface area contributed by atoms with Gasteiger partial charge in [0.25, 0.3) is 5.89 Å². The number of hydrogen-bond donors (Lipinski definition) is 0. The first-order valence-corrected chi connectivity index (χ1v) is 7.18. The number of nitrogens with zero attached hydrogens (tertiary/aromatic N) is 5. The molecule has 0 saturated carbocycles. The second kappa shape index (κ2) is 6.37. The van der Waals surface area contributed by atoms with Crippen LogP contribution in [0.15, 0.2) is 16.8 Å². The van der Waals surface area contributed by atoms with Crippen LogP contribution in [0.2, 0.25) is 0 Å². The molecule has 118 valence electrons. The molecule has 2 atom stereocenters. The van der Waals surface area contributed by atoms with E-state index in [1.807, 2.05) is 13.0 Å². The summed E-state index contributed by atoms with van der Waals surface area (Å²) in [6, 6.07) is 2.26. The molecule has 0 unspecified atom stereocenters. The van der Waals surface area contributed by atoms with Crippen molar-refractivity contribution in [3.63, 3.8) is 0 Å². The highest BCUT2D eigenvalue weighted by atomic mass is 16.5. The Labute approximate surface area is 128 Å². The minimum atomic E-state index is -0.214. The number of ether oxygens (including phenoxy) is 2. The predicted octanol–water partition coefficient (Wildman–Crippen LogP) is 1.14. The van der Waals surface area contributed by atoms with Crippen LogP contribution in [0.3, 0.4) is 0 Å². The summed E-state index contributed by atoms with van der Waals surface area (Å²) in [6.07, 6.45) is 1.56. The summed E-state index contributed by atoms with van der Waals surface area (Å²) < 4.78 is 16.2. The second-order valence-electron chi connectivity index (χ2n) is 5.34. The molecule has 1 aliphatic rings. The number of methoxy groups -OCH3 is 1. The molecule has 1 saturated heterocycles. The van der Waals surface area contributed by atoms with Crippen LogP contribution in [0.4, 0.5) is 0 Å². The Morgan fingerprint density at radius 1 is 1.36 bits per heavy atom. The normalized spacial score (nSPS) is 22.7. The van der Waals surface area contributed by atoms with E-state index in [9.17, 15) is 0 Å². The van der Waals surface area contributed by atoms with Crippen LogP contribution >= 0.6 is 0 Å². The van der Waals surface area contributed by atoms with Crippen molar-refractivity contribution in [2.75, 3.05) is 20.2 Å². The molecule has 0 bridgehead atoms. The minimum Gasteiger partial charge on any atom is -0.467 e. The predicted molar refractivity (Wildman–Crippen MR) is 76.2 cm³/mol. The van der Waals surface area contributed by atoms with Gasteiger partial charge in [-0.1, -0.05) is 5.16 Å². The van der Waals surface area contributed by atoms with Crippen LogP contribution in [0, 0.1) is 6.92 Å². The molecule has 1 fully saturated rings. The first-order chi connectivity index (χ1) is 10.6. The third-order valence-electron chi connectivity index (χ3n) is 3.41. The average molecular weight is 305 g/mol. The average Bonchev–Trinajstić information content (AvgIpc) is 2.93. The van der Waals surface area contributed by atoms with Crippen molar-refractivity contribution in [2.24, 2.45) is 0 Å². The van der Waals surface area contributed by atoms with Gasteiger partial charge in [0.05, 0.1) is 18.9 Å². The van der Waals surface area contributed by atoms with E-state index in [0.717, 1.165) is 12.2 Å². The van der Waals surface area contributed by atoms with E-state index in [2.05, 4.69) is 25.0 Å². The van der Waals surface area contributed by atoms with Crippen molar-refractivity contribution < 1.29 is 14.0 Å². The molecule has 0 amide bonds. The van der Waals surface area contributed by atoms with Gasteiger partial charge in [-0.2, -0.15) is 9.97 Å². The van der Waals surface area contributed by atoms with E-state index in [0.29, 0.717) is 30.8 Å². The summed E-state index contributed by atoms with van der Waals surface area (Å²) in [5.41, 5.74) is 0.904. The van der Waals surface area contributed by atoms with Crippen LogP contribution in [0.25, 0.3) is 0 Å². The largest absolute Gasteiger partial charge is 0.467 e. The first kappa shape index (κ1) is 14.9. The lowest BCUT2D eigenvalue weighted by molar-refractivity contribution is -0.0933. The van der Waals surface area contributed by atoms with Gasteiger partial charge in [0.1, 0.15) is 6.10 Å². The number of morpholine rings is 1. The number of aromatic nitrogens is 4. The van der Waals surface area contributed by atoms with Crippen LogP contribution in [-0.2, 0) is 11.3 Å². The van der Waals surface area contributed by atoms with Gasteiger partial charge in [0, 0.05) is 25.8 Å². The molecule has 3 rings (SSSR count). The van der Waals surface area contributed by atoms with Gasteiger partial charge in [0.2, 0.25) is 0 Å². The van der Waals surface area contributed by atoms with E-state index < -0.39 is 0 Å². The van der Waals surface area contributed by atoms with Crippen molar-refractivity contribution in [2.45, 2.75) is 32.6 Å². The van der Waals surface area contributed by atoms with Gasteiger partial charge in [-0.3, -0.25) is 4.90 Å². The van der Waals surface area contributed by atoms with Gasteiger partial charge in [-0.15, -0.1) is 0 Å². The Balaban J connectivity index is 1.70. The molecular formula is C14H19N5O3. The SMILES string of the molecule is COc1nccc(CN2C[C@@H](C)O[C@@H](c3nc(C)no3)C2)n1. The summed E-state index contributed by atoms with van der Waals surface area (Å²) in [5.74, 6) is 1.14. The monoisotopic (exact) mass is 305 g/mol. The van der Waals surface area contributed by atoms with E-state index in [1.54, 1.807) is 20.2 Å². The maximum Gasteiger partial charge on any atom is 0.316 e. The maximum atomic E-state index is 5.90. The molecule has 3 heterocycles. The topological polar surface area (TPSA) is 86.4 Å². The fraction of sp³-hybridized carbons (Fsp3) is 0.571. The van der Waals surface area contributed by atoms with Crippen molar-refractivity contribution in [1.82, 2.24) is 25.0 Å². The zero-order valence-electron chi connectivity index (χ0n) is 12.9. The maximum absolute atomic E-state index is 5.90. The van der Waals surface area contributed by atoms with Crippen molar-refractivity contribution in [3.8, 4) is 6.01 Å². The molecule has 0 spiro atoms. The molecular weight excluding hydrogens is 286 g/mol. The molecule has 22 heavy (non-hydrogen) atoms. The van der Waals surface area contributed by atoms with Crippen LogP contribution < -0.4 is 4.74 Å². The van der Waals surface area contributed by atoms with Crippen LogP contribution in [0.5, 0.6) is 6.01 Å². The minimum absolute atomic E-state index is 0.0784. The van der Waals surface area contributed by atoms with Crippen molar-refractivity contribution in [1.29, 1.82) is 0 Å². The molecule has 0 N–H and O–H groups in total. The molecule has 0 aromatic carbocycles. The van der Waals surface area contributed by atoms with Gasteiger partial charge in [0.15, 0.2) is 5.82 Å². The van der Waals surface area contributed by atoms with Crippen LogP contribution in [0.1, 0.15) is 30.4 Å². The summed E-state index contributed by atoms with van der Waals surface area (Å²) >= 11 is 0. The molecule has 0 radical (unpaired) electrons. The van der Waals surface area contributed by atoms with Gasteiger partial charge >= 0.3 is 6.01 Å². The molecule has 8 nitrogen and oxygen atoms in total. The Hall–Kier alpha value is -2.06. The number of hydrogen-bond acceptors (Lipinski definition) is 8. The van der Waals surface area contributed by atoms with Crippen molar-refractivity contribution in [3.05, 3.63) is 29.7 Å².